The zero-order chi connectivity index (χ0) is 26.2. The molecule has 3 unspecified atom stereocenters. The van der Waals surface area contributed by atoms with Crippen LogP contribution >= 0.6 is 0 Å². The fourth-order valence-corrected chi connectivity index (χ4v) is 6.00. The number of nitrogens with zero attached hydrogens (tertiary/aromatic N) is 3. The van der Waals surface area contributed by atoms with Crippen LogP contribution in [-0.4, -0.2) is 79.4 Å². The van der Waals surface area contributed by atoms with Crippen LogP contribution in [0.25, 0.3) is 0 Å². The van der Waals surface area contributed by atoms with Gasteiger partial charge in [0.1, 0.15) is 5.84 Å². The highest BCUT2D eigenvalue weighted by molar-refractivity contribution is 5.95. The topological polar surface area (TPSA) is 152 Å². The number of carbonyl (C=O) groups excluding carboxylic acids is 2. The molecule has 10 nitrogen and oxygen atoms in total. The van der Waals surface area contributed by atoms with E-state index in [1.54, 1.807) is 6.20 Å². The Morgan fingerprint density at radius 3 is 2.38 bits per heavy atom. The van der Waals surface area contributed by atoms with E-state index in [1.807, 2.05) is 6.08 Å². The number of nitrogens with two attached hydrogens (primary N) is 3. The van der Waals surface area contributed by atoms with E-state index in [0.717, 1.165) is 76.5 Å². The maximum Gasteiger partial charge on any atom is 0.211 e. The summed E-state index contributed by atoms with van der Waals surface area (Å²) >= 11 is 0. The standard InChI is InChI=1S/C26H38N6O2.CH3NO/c27-23-2-1-13-34-26(23)19-8-11-32(12-9-19)24(7-10-29-17-33)30-20-5-3-18(4-6-20)14-31-15-21-22(16-31)25(21)28;2-1-3/h3-7,10,17,19,21-23,25-26H,1-2,8-9,11-16,27-28H2,(H,29,33);1H,(H2,2,3)/b10-7-,30-24?;/t21?,22?,23?,25?,26-;/m1./s1. The molecule has 2 amide bonds. The molecule has 5 rings (SSSR count). The van der Waals surface area contributed by atoms with Crippen molar-refractivity contribution in [3.63, 3.8) is 0 Å². The predicted molar refractivity (Wildman–Crippen MR) is 144 cm³/mol. The molecule has 1 saturated carbocycles. The van der Waals surface area contributed by atoms with Gasteiger partial charge in [0.15, 0.2) is 0 Å². The minimum absolute atomic E-state index is 0.150. The second-order valence-electron chi connectivity index (χ2n) is 10.5. The summed E-state index contributed by atoms with van der Waals surface area (Å²) in [5.74, 6) is 2.78. The number of amides is 2. The van der Waals surface area contributed by atoms with Crippen molar-refractivity contribution in [2.75, 3.05) is 32.8 Å². The Morgan fingerprint density at radius 1 is 1.08 bits per heavy atom. The molecule has 4 atom stereocenters. The first-order valence-electron chi connectivity index (χ1n) is 13.3. The summed E-state index contributed by atoms with van der Waals surface area (Å²) in [6.45, 7) is 5.85. The Morgan fingerprint density at radius 2 is 1.76 bits per heavy atom. The largest absolute Gasteiger partial charge is 0.376 e. The van der Waals surface area contributed by atoms with Crippen LogP contribution in [0, 0.1) is 17.8 Å². The monoisotopic (exact) mass is 511 g/mol. The van der Waals surface area contributed by atoms with Crippen LogP contribution in [0.2, 0.25) is 0 Å². The van der Waals surface area contributed by atoms with E-state index in [0.29, 0.717) is 30.2 Å². The summed E-state index contributed by atoms with van der Waals surface area (Å²) in [5, 5.41) is 2.61. The van der Waals surface area contributed by atoms with Crippen molar-refractivity contribution in [2.45, 2.75) is 50.4 Å². The lowest BCUT2D eigenvalue weighted by molar-refractivity contribution is -0.109. The molecule has 202 valence electrons. The highest BCUT2D eigenvalue weighted by Gasteiger charge is 2.53. The third-order valence-electron chi connectivity index (χ3n) is 8.06. The minimum atomic E-state index is 0.150. The number of amidine groups is 1. The Kier molecular flexibility index (Phi) is 9.68. The molecule has 3 aliphatic heterocycles. The maximum atomic E-state index is 10.7. The van der Waals surface area contributed by atoms with Crippen LogP contribution in [0.15, 0.2) is 41.5 Å². The Bertz CT molecular complexity index is 934. The number of benzene rings is 1. The first-order chi connectivity index (χ1) is 18.0. The number of hydrogen-bond acceptors (Lipinski definition) is 7. The first-order valence-corrected chi connectivity index (χ1v) is 13.3. The quantitative estimate of drug-likeness (QED) is 0.239. The Hall–Kier alpha value is -2.79. The molecule has 1 aromatic rings. The number of fused-ring (bicyclic) bond motifs is 1. The second kappa shape index (κ2) is 13.1. The number of rotatable bonds is 7. The van der Waals surface area contributed by atoms with Gasteiger partial charge in [-0.3, -0.25) is 14.5 Å². The van der Waals surface area contributed by atoms with Crippen molar-refractivity contribution >= 4 is 24.3 Å². The number of piperidine rings is 2. The highest BCUT2D eigenvalue weighted by Crippen LogP contribution is 2.44. The molecule has 3 saturated heterocycles. The molecule has 1 aliphatic carbocycles. The van der Waals surface area contributed by atoms with Gasteiger partial charge in [-0.05, 0) is 67.2 Å². The summed E-state index contributed by atoms with van der Waals surface area (Å²) in [5.41, 5.74) is 18.8. The molecule has 3 heterocycles. The summed E-state index contributed by atoms with van der Waals surface area (Å²) in [4.78, 5) is 29.0. The lowest BCUT2D eigenvalue weighted by atomic mass is 9.85. The van der Waals surface area contributed by atoms with Crippen LogP contribution < -0.4 is 22.5 Å². The van der Waals surface area contributed by atoms with Gasteiger partial charge in [-0.15, -0.1) is 0 Å². The minimum Gasteiger partial charge on any atom is -0.376 e. The van der Waals surface area contributed by atoms with E-state index >= 15 is 0 Å². The van der Waals surface area contributed by atoms with Gasteiger partial charge in [-0.2, -0.15) is 0 Å². The predicted octanol–water partition coefficient (Wildman–Crippen LogP) is 0.685. The van der Waals surface area contributed by atoms with Gasteiger partial charge in [0.2, 0.25) is 12.8 Å². The van der Waals surface area contributed by atoms with Gasteiger partial charge < -0.3 is 32.2 Å². The smallest absolute Gasteiger partial charge is 0.211 e. The molecule has 4 fully saturated rings. The van der Waals surface area contributed by atoms with Crippen LogP contribution in [-0.2, 0) is 20.9 Å². The molecule has 0 spiro atoms. The summed E-state index contributed by atoms with van der Waals surface area (Å²) in [6, 6.07) is 9.09. The fourth-order valence-electron chi connectivity index (χ4n) is 6.00. The number of likely N-dealkylation sites (tertiary alicyclic amines) is 2. The van der Waals surface area contributed by atoms with Crippen molar-refractivity contribution in [3.05, 3.63) is 42.1 Å². The first kappa shape index (κ1) is 27.3. The molecular formula is C27H41N7O3. The van der Waals surface area contributed by atoms with Crippen molar-refractivity contribution in [3.8, 4) is 0 Å². The van der Waals surface area contributed by atoms with Crippen molar-refractivity contribution in [1.29, 1.82) is 0 Å². The van der Waals surface area contributed by atoms with Gasteiger partial charge in [0, 0.05) is 57.6 Å². The molecule has 37 heavy (non-hydrogen) atoms. The van der Waals surface area contributed by atoms with E-state index in [4.69, 9.17) is 26.0 Å². The lowest BCUT2D eigenvalue weighted by Gasteiger charge is -2.40. The van der Waals surface area contributed by atoms with Gasteiger partial charge in [0.25, 0.3) is 0 Å². The Labute approximate surface area is 219 Å². The van der Waals surface area contributed by atoms with Crippen molar-refractivity contribution < 1.29 is 14.3 Å². The van der Waals surface area contributed by atoms with Crippen molar-refractivity contribution in [2.24, 2.45) is 39.9 Å². The molecule has 10 heteroatoms. The summed E-state index contributed by atoms with van der Waals surface area (Å²) in [6.07, 6.45) is 8.81. The number of ether oxygens (including phenoxy) is 1. The molecule has 1 aromatic carbocycles. The molecular weight excluding hydrogens is 470 g/mol. The van der Waals surface area contributed by atoms with E-state index < -0.39 is 0 Å². The molecule has 4 aliphatic rings. The van der Waals surface area contributed by atoms with Gasteiger partial charge >= 0.3 is 0 Å². The van der Waals surface area contributed by atoms with Crippen LogP contribution in [0.4, 0.5) is 5.69 Å². The van der Waals surface area contributed by atoms with Gasteiger partial charge in [-0.1, -0.05) is 12.1 Å². The third-order valence-corrected chi connectivity index (χ3v) is 8.06. The Balaban J connectivity index is 0.00000102. The average molecular weight is 512 g/mol. The number of primary amides is 1. The lowest BCUT2D eigenvalue weighted by Crippen LogP contribution is -2.49. The average Bonchev–Trinajstić information content (AvgIpc) is 3.29. The summed E-state index contributed by atoms with van der Waals surface area (Å²) < 4.78 is 6.03. The number of aliphatic imine (C=N–C) groups is 1. The second-order valence-corrected chi connectivity index (χ2v) is 10.5. The van der Waals surface area contributed by atoms with Gasteiger partial charge in [0.05, 0.1) is 11.8 Å². The van der Waals surface area contributed by atoms with E-state index in [2.05, 4.69) is 45.1 Å². The van der Waals surface area contributed by atoms with E-state index in [1.165, 1.54) is 5.56 Å². The number of hydrogen-bond donors (Lipinski definition) is 4. The normalized spacial score (nSPS) is 30.4. The molecule has 0 radical (unpaired) electrons. The summed E-state index contributed by atoms with van der Waals surface area (Å²) in [7, 11) is 0. The van der Waals surface area contributed by atoms with E-state index in [-0.39, 0.29) is 18.6 Å². The maximum absolute atomic E-state index is 10.7. The molecule has 0 aromatic heterocycles. The third kappa shape index (κ3) is 7.16. The van der Waals surface area contributed by atoms with Gasteiger partial charge in [-0.25, -0.2) is 4.99 Å². The molecule has 0 bridgehead atoms. The zero-order valence-electron chi connectivity index (χ0n) is 21.5. The van der Waals surface area contributed by atoms with E-state index in [9.17, 15) is 4.79 Å². The highest BCUT2D eigenvalue weighted by atomic mass is 16.5. The number of carbonyl (C=O) groups is 2. The SMILES string of the molecule is NC1C2CN(Cc3ccc(N=C(/C=C\NC=O)N4CCC([C@H]5OCCCC5N)CC4)cc3)CC12.NC=O. The van der Waals surface area contributed by atoms with Crippen LogP contribution in [0.1, 0.15) is 31.2 Å². The van der Waals surface area contributed by atoms with Crippen LogP contribution in [0.3, 0.4) is 0 Å². The molecule has 7 N–H and O–H groups in total. The zero-order valence-corrected chi connectivity index (χ0v) is 21.5. The fraction of sp³-hybridized carbons (Fsp3) is 0.593. The number of nitrogens with one attached hydrogen (secondary N) is 1. The van der Waals surface area contributed by atoms with Crippen molar-refractivity contribution in [1.82, 2.24) is 15.1 Å². The van der Waals surface area contributed by atoms with Crippen LogP contribution in [0.5, 0.6) is 0 Å².